The Hall–Kier alpha value is -2.54. The van der Waals surface area contributed by atoms with Gasteiger partial charge in [-0.3, -0.25) is 9.59 Å². The first-order chi connectivity index (χ1) is 26.8. The number of carbonyl (C=O) groups excluding carboxylic acids is 1. The van der Waals surface area contributed by atoms with E-state index in [1.807, 2.05) is 26.8 Å². The molecule has 4 saturated carbocycles. The third kappa shape index (κ3) is 6.25. The second-order valence-electron chi connectivity index (χ2n) is 20.6. The summed E-state index contributed by atoms with van der Waals surface area (Å²) in [6, 6.07) is 0. The lowest BCUT2D eigenvalue weighted by Gasteiger charge is -2.70. The van der Waals surface area contributed by atoms with Crippen LogP contribution in [0, 0.1) is 50.2 Å². The Labute approximate surface area is 337 Å². The quantitative estimate of drug-likeness (QED) is 0.171. The molecule has 16 heteroatoms. The molecule has 326 valence electrons. The number of allylic oxidation sites excluding steroid dienone is 2. The minimum atomic E-state index is -2.05. The molecule has 6 fully saturated rings. The zero-order chi connectivity index (χ0) is 42.9. The molecule has 7 aliphatic rings. The van der Waals surface area contributed by atoms with E-state index in [1.165, 1.54) is 0 Å². The molecule has 2 aliphatic heterocycles. The maximum atomic E-state index is 14.8. The number of hydrogen-bond acceptors (Lipinski definition) is 13. The number of carboxylic acids is 3. The Kier molecular flexibility index (Phi) is 10.7. The summed E-state index contributed by atoms with van der Waals surface area (Å²) >= 11 is 0. The number of ketones is 1. The molecule has 2 heterocycles. The third-order valence-corrected chi connectivity index (χ3v) is 17.2. The Morgan fingerprint density at radius 1 is 0.690 bits per heavy atom. The van der Waals surface area contributed by atoms with Crippen molar-refractivity contribution in [3.8, 4) is 0 Å². The van der Waals surface area contributed by atoms with Crippen LogP contribution >= 0.6 is 0 Å². The van der Waals surface area contributed by atoms with Crippen molar-refractivity contribution >= 4 is 23.7 Å². The Bertz CT molecular complexity index is 1730. The molecule has 58 heavy (non-hydrogen) atoms. The summed E-state index contributed by atoms with van der Waals surface area (Å²) < 4.78 is 23.4. The second kappa shape index (κ2) is 14.3. The van der Waals surface area contributed by atoms with E-state index >= 15 is 0 Å². The molecule has 0 spiro atoms. The Balaban J connectivity index is 1.17. The van der Waals surface area contributed by atoms with Crippen LogP contribution in [0.25, 0.3) is 0 Å². The minimum Gasteiger partial charge on any atom is -0.481 e. The molecular formula is C42H62O16. The molecular weight excluding hydrogens is 760 g/mol. The van der Waals surface area contributed by atoms with Crippen LogP contribution < -0.4 is 0 Å². The van der Waals surface area contributed by atoms with Gasteiger partial charge in [-0.15, -0.1) is 0 Å². The van der Waals surface area contributed by atoms with Gasteiger partial charge in [-0.25, -0.2) is 9.59 Å². The van der Waals surface area contributed by atoms with Gasteiger partial charge in [0.25, 0.3) is 0 Å². The van der Waals surface area contributed by atoms with Crippen molar-refractivity contribution in [2.75, 3.05) is 0 Å². The lowest BCUT2D eigenvalue weighted by Crippen LogP contribution is -2.68. The summed E-state index contributed by atoms with van der Waals surface area (Å²) in [7, 11) is 0. The van der Waals surface area contributed by atoms with Gasteiger partial charge < -0.3 is 59.8 Å². The number of ether oxygens (including phenoxy) is 4. The van der Waals surface area contributed by atoms with Crippen molar-refractivity contribution in [3.05, 3.63) is 11.6 Å². The lowest BCUT2D eigenvalue weighted by atomic mass is 9.33. The third-order valence-electron chi connectivity index (χ3n) is 17.2. The fraction of sp³-hybridized carbons (Fsp3) is 0.857. The van der Waals surface area contributed by atoms with E-state index in [0.717, 1.165) is 37.7 Å². The summed E-state index contributed by atoms with van der Waals surface area (Å²) in [5.74, 6) is -4.47. The summed E-state index contributed by atoms with van der Waals surface area (Å²) in [4.78, 5) is 51.3. The van der Waals surface area contributed by atoms with E-state index in [0.29, 0.717) is 25.7 Å². The van der Waals surface area contributed by atoms with E-state index in [4.69, 9.17) is 18.9 Å². The van der Waals surface area contributed by atoms with Gasteiger partial charge in [0, 0.05) is 5.92 Å². The molecule has 3 unspecified atom stereocenters. The molecule has 0 aromatic rings. The smallest absolute Gasteiger partial charge is 0.335 e. The Morgan fingerprint density at radius 2 is 1.28 bits per heavy atom. The van der Waals surface area contributed by atoms with Gasteiger partial charge in [0.05, 0.1) is 11.5 Å². The van der Waals surface area contributed by atoms with E-state index in [-0.39, 0.29) is 34.4 Å². The number of rotatable bonds is 7. The lowest BCUT2D eigenvalue weighted by molar-refractivity contribution is -0.371. The van der Waals surface area contributed by atoms with Crippen LogP contribution in [0.15, 0.2) is 11.6 Å². The topological polar surface area (TPSA) is 267 Å². The molecule has 0 bridgehead atoms. The van der Waals surface area contributed by atoms with Crippen LogP contribution in [0.2, 0.25) is 0 Å². The number of carbonyl (C=O) groups is 4. The van der Waals surface area contributed by atoms with Crippen molar-refractivity contribution in [3.63, 3.8) is 0 Å². The van der Waals surface area contributed by atoms with Crippen molar-refractivity contribution in [1.82, 2.24) is 0 Å². The second-order valence-corrected chi connectivity index (χ2v) is 20.6. The zero-order valence-electron chi connectivity index (χ0n) is 34.4. The van der Waals surface area contributed by atoms with E-state index in [1.54, 1.807) is 0 Å². The molecule has 5 aliphatic carbocycles. The summed E-state index contributed by atoms with van der Waals surface area (Å²) in [6.07, 6.45) is -12.2. The fourth-order valence-electron chi connectivity index (χ4n) is 13.4. The molecule has 0 aromatic carbocycles. The van der Waals surface area contributed by atoms with Gasteiger partial charge in [0.1, 0.15) is 36.6 Å². The van der Waals surface area contributed by atoms with Gasteiger partial charge in [0.2, 0.25) is 0 Å². The van der Waals surface area contributed by atoms with E-state index < -0.39 is 107 Å². The largest absolute Gasteiger partial charge is 0.481 e. The van der Waals surface area contributed by atoms with Gasteiger partial charge in [-0.05, 0) is 110 Å². The van der Waals surface area contributed by atoms with Gasteiger partial charge in [-0.1, -0.05) is 47.1 Å². The van der Waals surface area contributed by atoms with Gasteiger partial charge >= 0.3 is 17.9 Å². The Morgan fingerprint density at radius 3 is 1.88 bits per heavy atom. The standard InChI is InChI=1S/C42H62O16/c1-37(2)21-8-11-42(7)31(20(43)16-18-19-17-39(4,36(53)54)13-12-38(19,3)14-15-41(18,42)6)40(21,5)10-9-22(37)55-35-30(26(47)25(46)29(57-35)33(51)52)58-34-27(48)23(44)24(45)28(56-34)32(49)50/h16,19,21-31,34-35,44-48H,8-15,17H2,1-7H3,(H,49,50)(H,51,52)(H,53,54)/t19?,21?,22-,23-,24-,25-,26-,27+,28-,29-,30+,31?,34+,35-,38+,39-,40-,41+,42+/m0/s1. The SMILES string of the molecule is CC1(C)C2CC[C@]3(C)C(C(=O)C=C4C5C[C@@](C)(C(=O)O)CC[C@]5(C)CC[C@]43C)[C@@]2(C)CC[C@@H]1O[C@H]1O[C@H](C(=O)O)[C@@H](O)[C@H](O)[C@H]1O[C@H]1O[C@H](C(=O)O)[C@@H](O)[C@H](O)[C@H]1O. The van der Waals surface area contributed by atoms with Gasteiger partial charge in [-0.2, -0.15) is 0 Å². The number of aliphatic hydroxyl groups excluding tert-OH is 5. The molecule has 0 aromatic heterocycles. The molecule has 2 saturated heterocycles. The van der Waals surface area contributed by atoms with Crippen LogP contribution in [-0.2, 0) is 38.1 Å². The van der Waals surface area contributed by atoms with Crippen molar-refractivity contribution < 1.29 is 79.0 Å². The predicted molar refractivity (Wildman–Crippen MR) is 199 cm³/mol. The molecule has 16 nitrogen and oxygen atoms in total. The summed E-state index contributed by atoms with van der Waals surface area (Å²) in [5, 5.41) is 83.0. The molecule has 0 amide bonds. The number of hydrogen-bond donors (Lipinski definition) is 8. The van der Waals surface area contributed by atoms with Gasteiger partial charge in [0.15, 0.2) is 30.6 Å². The van der Waals surface area contributed by atoms with E-state index in [2.05, 4.69) is 27.7 Å². The van der Waals surface area contributed by atoms with Crippen molar-refractivity contribution in [2.24, 2.45) is 50.2 Å². The highest BCUT2D eigenvalue weighted by molar-refractivity contribution is 5.95. The number of aliphatic carboxylic acids is 3. The highest BCUT2D eigenvalue weighted by atomic mass is 16.8. The average Bonchev–Trinajstić information content (AvgIpc) is 3.13. The number of carboxylic acid groups (broad SMARTS) is 3. The van der Waals surface area contributed by atoms with Crippen LogP contribution in [0.3, 0.4) is 0 Å². The van der Waals surface area contributed by atoms with Crippen molar-refractivity contribution in [1.29, 1.82) is 0 Å². The predicted octanol–water partition coefficient (Wildman–Crippen LogP) is 2.25. The highest BCUT2D eigenvalue weighted by Crippen LogP contribution is 2.75. The van der Waals surface area contributed by atoms with Crippen LogP contribution in [0.4, 0.5) is 0 Å². The fourth-order valence-corrected chi connectivity index (χ4v) is 13.4. The monoisotopic (exact) mass is 822 g/mol. The molecule has 8 N–H and O–H groups in total. The maximum Gasteiger partial charge on any atom is 0.335 e. The molecule has 7 rings (SSSR count). The van der Waals surface area contributed by atoms with E-state index in [9.17, 15) is 60.0 Å². The summed E-state index contributed by atoms with van der Waals surface area (Å²) in [6.45, 7) is 14.8. The van der Waals surface area contributed by atoms with Crippen LogP contribution in [0.5, 0.6) is 0 Å². The first-order valence-electron chi connectivity index (χ1n) is 20.7. The van der Waals surface area contributed by atoms with Crippen molar-refractivity contribution in [2.45, 2.75) is 174 Å². The average molecular weight is 823 g/mol. The first kappa shape index (κ1) is 43.5. The molecule has 19 atom stereocenters. The first-order valence-corrected chi connectivity index (χ1v) is 20.7. The summed E-state index contributed by atoms with van der Waals surface area (Å²) in [5.41, 5.74) is -1.81. The number of fused-ring (bicyclic) bond motifs is 7. The normalized spacial score (nSPS) is 52.6. The molecule has 0 radical (unpaired) electrons. The van der Waals surface area contributed by atoms with Crippen LogP contribution in [0.1, 0.15) is 106 Å². The van der Waals surface area contributed by atoms with Crippen LogP contribution in [-0.4, -0.2) is 132 Å². The number of aliphatic hydroxyl groups is 5. The maximum absolute atomic E-state index is 14.8. The zero-order valence-corrected chi connectivity index (χ0v) is 34.4. The highest BCUT2D eigenvalue weighted by Gasteiger charge is 2.71. The minimum absolute atomic E-state index is 0.0217.